The van der Waals surface area contributed by atoms with Gasteiger partial charge >= 0.3 is 0 Å². The third-order valence-electron chi connectivity index (χ3n) is 4.73. The lowest BCUT2D eigenvalue weighted by atomic mass is 10.1. The highest BCUT2D eigenvalue weighted by atomic mass is 16.2. The second kappa shape index (κ2) is 9.73. The number of nitrogens with zero attached hydrogens (tertiary/aromatic N) is 1. The van der Waals surface area contributed by atoms with E-state index < -0.39 is 0 Å². The fraction of sp³-hybridized carbons (Fsp3) is 0.318. The summed E-state index contributed by atoms with van der Waals surface area (Å²) in [6.07, 6.45) is 2.51. The number of hydrogen-bond acceptors (Lipinski definition) is 4. The maximum atomic E-state index is 12.5. The molecule has 1 aliphatic rings. The van der Waals surface area contributed by atoms with Gasteiger partial charge in [-0.1, -0.05) is 13.0 Å². The Morgan fingerprint density at radius 2 is 1.48 bits per heavy atom. The molecule has 1 fully saturated rings. The molecule has 3 rings (SSSR count). The fourth-order valence-corrected chi connectivity index (χ4v) is 3.14. The summed E-state index contributed by atoms with van der Waals surface area (Å²) in [6.45, 7) is 3.48. The van der Waals surface area contributed by atoms with Crippen LogP contribution in [0, 0.1) is 0 Å². The Balaban J connectivity index is 1.51. The highest BCUT2D eigenvalue weighted by molar-refractivity contribution is 5.96. The molecule has 2 aromatic carbocycles. The van der Waals surface area contributed by atoms with Crippen molar-refractivity contribution in [1.82, 2.24) is 4.90 Å². The molecule has 1 heterocycles. The van der Waals surface area contributed by atoms with Crippen LogP contribution in [0.15, 0.2) is 48.5 Å². The second-order valence-electron chi connectivity index (χ2n) is 6.96. The number of carbonyl (C=O) groups excluding carboxylic acids is 3. The van der Waals surface area contributed by atoms with Crippen molar-refractivity contribution in [3.05, 3.63) is 54.1 Å². The zero-order valence-corrected chi connectivity index (χ0v) is 16.5. The average molecular weight is 394 g/mol. The van der Waals surface area contributed by atoms with Crippen molar-refractivity contribution in [2.24, 2.45) is 0 Å². The molecule has 1 aliphatic heterocycles. The molecule has 0 atom stereocenters. The quantitative estimate of drug-likeness (QED) is 0.672. The second-order valence-corrected chi connectivity index (χ2v) is 6.96. The van der Waals surface area contributed by atoms with Crippen LogP contribution in [-0.4, -0.2) is 42.3 Å². The minimum atomic E-state index is -0.202. The molecule has 3 amide bonds. The molecule has 0 aliphatic carbocycles. The van der Waals surface area contributed by atoms with E-state index >= 15 is 0 Å². The molecule has 7 heteroatoms. The minimum Gasteiger partial charge on any atom is -0.376 e. The lowest BCUT2D eigenvalue weighted by Crippen LogP contribution is -2.27. The predicted molar refractivity (Wildman–Crippen MR) is 114 cm³/mol. The van der Waals surface area contributed by atoms with E-state index in [4.69, 9.17) is 0 Å². The minimum absolute atomic E-state index is 0.0332. The van der Waals surface area contributed by atoms with Gasteiger partial charge in [0.1, 0.15) is 0 Å². The topological polar surface area (TPSA) is 90.5 Å². The largest absolute Gasteiger partial charge is 0.376 e. The van der Waals surface area contributed by atoms with Crippen molar-refractivity contribution in [2.75, 3.05) is 35.6 Å². The smallest absolute Gasteiger partial charge is 0.253 e. The van der Waals surface area contributed by atoms with Crippen LogP contribution in [0.5, 0.6) is 0 Å². The third kappa shape index (κ3) is 5.81. The van der Waals surface area contributed by atoms with Gasteiger partial charge in [0.05, 0.1) is 6.54 Å². The monoisotopic (exact) mass is 394 g/mol. The number of hydrogen-bond donors (Lipinski definition) is 3. The number of rotatable bonds is 7. The van der Waals surface area contributed by atoms with Gasteiger partial charge in [0, 0.05) is 42.1 Å². The lowest BCUT2D eigenvalue weighted by Gasteiger charge is -2.16. The van der Waals surface area contributed by atoms with Crippen LogP contribution < -0.4 is 16.0 Å². The normalized spacial score (nSPS) is 13.1. The summed E-state index contributed by atoms with van der Waals surface area (Å²) in [5.74, 6) is -0.228. The molecule has 0 saturated carbocycles. The van der Waals surface area contributed by atoms with Gasteiger partial charge in [-0.05, 0) is 55.3 Å². The van der Waals surface area contributed by atoms with E-state index in [1.165, 1.54) is 0 Å². The first-order chi connectivity index (χ1) is 14.0. The van der Waals surface area contributed by atoms with Gasteiger partial charge in [0.25, 0.3) is 5.91 Å². The highest BCUT2D eigenvalue weighted by Crippen LogP contribution is 2.17. The van der Waals surface area contributed by atoms with Gasteiger partial charge in [-0.3, -0.25) is 14.4 Å². The molecule has 1 saturated heterocycles. The van der Waals surface area contributed by atoms with Crippen molar-refractivity contribution < 1.29 is 14.4 Å². The molecule has 0 unspecified atom stereocenters. The summed E-state index contributed by atoms with van der Waals surface area (Å²) in [4.78, 5) is 37.9. The molecule has 0 radical (unpaired) electrons. The van der Waals surface area contributed by atoms with Gasteiger partial charge in [-0.15, -0.1) is 0 Å². The van der Waals surface area contributed by atoms with Gasteiger partial charge in [-0.25, -0.2) is 0 Å². The Morgan fingerprint density at radius 1 is 0.862 bits per heavy atom. The SMILES string of the molecule is CCC(=O)Nc1ccc(NC(=O)CNc2cccc(C(=O)N3CCCC3)c2)cc1. The van der Waals surface area contributed by atoms with Gasteiger partial charge in [0.2, 0.25) is 11.8 Å². The molecule has 0 aromatic heterocycles. The first kappa shape index (κ1) is 20.4. The van der Waals surface area contributed by atoms with Crippen molar-refractivity contribution >= 4 is 34.8 Å². The number of likely N-dealkylation sites (tertiary alicyclic amines) is 1. The van der Waals surface area contributed by atoms with Crippen molar-refractivity contribution in [3.8, 4) is 0 Å². The van der Waals surface area contributed by atoms with Crippen LogP contribution in [0.2, 0.25) is 0 Å². The molecule has 152 valence electrons. The number of carbonyl (C=O) groups is 3. The Labute approximate surface area is 170 Å². The summed E-state index contributed by atoms with van der Waals surface area (Å²) in [5, 5.41) is 8.61. The Kier molecular flexibility index (Phi) is 6.84. The molecule has 0 bridgehead atoms. The number of amides is 3. The van der Waals surface area contributed by atoms with Crippen LogP contribution in [-0.2, 0) is 9.59 Å². The predicted octanol–water partition coefficient (Wildman–Crippen LogP) is 3.32. The van der Waals surface area contributed by atoms with E-state index in [0.29, 0.717) is 23.4 Å². The molecular weight excluding hydrogens is 368 g/mol. The van der Waals surface area contributed by atoms with E-state index in [-0.39, 0.29) is 24.3 Å². The zero-order chi connectivity index (χ0) is 20.6. The van der Waals surface area contributed by atoms with E-state index in [0.717, 1.165) is 31.6 Å². The Morgan fingerprint density at radius 3 is 2.10 bits per heavy atom. The number of nitrogens with one attached hydrogen (secondary N) is 3. The fourth-order valence-electron chi connectivity index (χ4n) is 3.14. The summed E-state index contributed by atoms with van der Waals surface area (Å²) in [6, 6.07) is 14.2. The average Bonchev–Trinajstić information content (AvgIpc) is 3.28. The Bertz CT molecular complexity index is 874. The Hall–Kier alpha value is -3.35. The van der Waals surface area contributed by atoms with Gasteiger partial charge in [-0.2, -0.15) is 0 Å². The van der Waals surface area contributed by atoms with Crippen molar-refractivity contribution in [3.63, 3.8) is 0 Å². The number of benzene rings is 2. The van der Waals surface area contributed by atoms with E-state index in [1.807, 2.05) is 17.0 Å². The summed E-state index contributed by atoms with van der Waals surface area (Å²) >= 11 is 0. The third-order valence-corrected chi connectivity index (χ3v) is 4.73. The number of anilines is 3. The summed E-state index contributed by atoms with van der Waals surface area (Å²) in [7, 11) is 0. The zero-order valence-electron chi connectivity index (χ0n) is 16.5. The van der Waals surface area contributed by atoms with Crippen LogP contribution in [0.1, 0.15) is 36.5 Å². The van der Waals surface area contributed by atoms with E-state index in [9.17, 15) is 14.4 Å². The van der Waals surface area contributed by atoms with Gasteiger partial charge in [0.15, 0.2) is 0 Å². The maximum absolute atomic E-state index is 12.5. The van der Waals surface area contributed by atoms with Crippen LogP contribution >= 0.6 is 0 Å². The van der Waals surface area contributed by atoms with Gasteiger partial charge < -0.3 is 20.9 Å². The van der Waals surface area contributed by atoms with Crippen LogP contribution in [0.3, 0.4) is 0 Å². The van der Waals surface area contributed by atoms with Crippen molar-refractivity contribution in [1.29, 1.82) is 0 Å². The molecule has 0 spiro atoms. The maximum Gasteiger partial charge on any atom is 0.253 e. The molecule has 3 N–H and O–H groups in total. The molecule has 29 heavy (non-hydrogen) atoms. The van der Waals surface area contributed by atoms with Crippen molar-refractivity contribution in [2.45, 2.75) is 26.2 Å². The first-order valence-corrected chi connectivity index (χ1v) is 9.88. The molecule has 2 aromatic rings. The lowest BCUT2D eigenvalue weighted by molar-refractivity contribution is -0.116. The van der Waals surface area contributed by atoms with E-state index in [2.05, 4.69) is 16.0 Å². The van der Waals surface area contributed by atoms with Crippen LogP contribution in [0.4, 0.5) is 17.1 Å². The van der Waals surface area contributed by atoms with Crippen LogP contribution in [0.25, 0.3) is 0 Å². The summed E-state index contributed by atoms with van der Waals surface area (Å²) < 4.78 is 0. The standard InChI is InChI=1S/C22H26N4O3/c1-2-20(27)24-17-8-10-18(11-9-17)25-21(28)15-23-19-7-5-6-16(14-19)22(29)26-12-3-4-13-26/h5-11,14,23H,2-4,12-13,15H2,1H3,(H,24,27)(H,25,28). The summed E-state index contributed by atoms with van der Waals surface area (Å²) in [5.41, 5.74) is 2.68. The highest BCUT2D eigenvalue weighted by Gasteiger charge is 2.19. The van der Waals surface area contributed by atoms with E-state index in [1.54, 1.807) is 43.3 Å². The first-order valence-electron chi connectivity index (χ1n) is 9.88. The molecular formula is C22H26N4O3. The molecule has 7 nitrogen and oxygen atoms in total.